The van der Waals surface area contributed by atoms with Crippen molar-refractivity contribution in [1.82, 2.24) is 0 Å². The van der Waals surface area contributed by atoms with Gasteiger partial charge in [0.05, 0.1) is 0 Å². The highest BCUT2D eigenvalue weighted by atomic mass is 35.5. The predicted molar refractivity (Wildman–Crippen MR) is 54.2 cm³/mol. The van der Waals surface area contributed by atoms with Crippen molar-refractivity contribution in [3.05, 3.63) is 58.8 Å². The maximum atomic E-state index is 13.3. The number of hydrogen-bond donors (Lipinski definition) is 1. The number of hydrogen-bond acceptors (Lipinski definition) is 2. The topological polar surface area (TPSA) is 33.4 Å². The highest BCUT2D eigenvalue weighted by Crippen LogP contribution is 2.26. The molecular formula is C11H8ClFO2. The van der Waals surface area contributed by atoms with Crippen molar-refractivity contribution in [2.75, 3.05) is 0 Å². The molecule has 1 heterocycles. The van der Waals surface area contributed by atoms with E-state index >= 15 is 0 Å². The number of furan rings is 1. The van der Waals surface area contributed by atoms with Crippen molar-refractivity contribution >= 4 is 11.6 Å². The highest BCUT2D eigenvalue weighted by molar-refractivity contribution is 6.28. The third-order valence-corrected chi connectivity index (χ3v) is 2.27. The van der Waals surface area contributed by atoms with Crippen LogP contribution in [0.1, 0.15) is 17.4 Å². The van der Waals surface area contributed by atoms with E-state index in [1.54, 1.807) is 12.1 Å². The number of rotatable bonds is 2. The van der Waals surface area contributed by atoms with Gasteiger partial charge in [-0.1, -0.05) is 18.2 Å². The van der Waals surface area contributed by atoms with Crippen LogP contribution in [0.15, 0.2) is 40.8 Å². The van der Waals surface area contributed by atoms with Gasteiger partial charge in [-0.3, -0.25) is 0 Å². The van der Waals surface area contributed by atoms with Crippen LogP contribution in [0.25, 0.3) is 0 Å². The predicted octanol–water partition coefficient (Wildman–Crippen LogP) is 3.15. The van der Waals surface area contributed by atoms with Crippen molar-refractivity contribution in [3.8, 4) is 0 Å². The van der Waals surface area contributed by atoms with Gasteiger partial charge in [0.15, 0.2) is 5.22 Å². The minimum absolute atomic E-state index is 0.167. The van der Waals surface area contributed by atoms with Crippen LogP contribution in [-0.2, 0) is 0 Å². The van der Waals surface area contributed by atoms with Crippen molar-refractivity contribution < 1.29 is 13.9 Å². The number of benzene rings is 1. The molecule has 1 aromatic heterocycles. The zero-order valence-corrected chi connectivity index (χ0v) is 8.41. The Morgan fingerprint density at radius 3 is 2.53 bits per heavy atom. The molecule has 0 bridgehead atoms. The monoisotopic (exact) mass is 226 g/mol. The van der Waals surface area contributed by atoms with Crippen molar-refractivity contribution in [3.63, 3.8) is 0 Å². The third kappa shape index (κ3) is 2.03. The zero-order chi connectivity index (χ0) is 10.8. The number of halogens is 2. The maximum absolute atomic E-state index is 13.3. The Labute approximate surface area is 90.9 Å². The second kappa shape index (κ2) is 4.04. The summed E-state index contributed by atoms with van der Waals surface area (Å²) in [5.41, 5.74) is 0.170. The molecule has 0 amide bonds. The van der Waals surface area contributed by atoms with Gasteiger partial charge < -0.3 is 9.52 Å². The fraction of sp³-hybridized carbons (Fsp3) is 0.0909. The van der Waals surface area contributed by atoms with E-state index in [1.807, 2.05) is 0 Å². The van der Waals surface area contributed by atoms with E-state index < -0.39 is 11.9 Å². The van der Waals surface area contributed by atoms with Crippen LogP contribution >= 0.6 is 11.6 Å². The molecule has 0 aliphatic heterocycles. The Morgan fingerprint density at radius 1 is 1.20 bits per heavy atom. The lowest BCUT2D eigenvalue weighted by Crippen LogP contribution is -2.00. The molecule has 0 spiro atoms. The minimum Gasteiger partial charge on any atom is -0.447 e. The molecule has 0 aliphatic rings. The average molecular weight is 227 g/mol. The van der Waals surface area contributed by atoms with Gasteiger partial charge in [0, 0.05) is 5.56 Å². The Morgan fingerprint density at radius 2 is 1.93 bits per heavy atom. The lowest BCUT2D eigenvalue weighted by Gasteiger charge is -2.08. The zero-order valence-electron chi connectivity index (χ0n) is 7.65. The first-order chi connectivity index (χ1) is 7.18. The Bertz CT molecular complexity index is 467. The van der Waals surface area contributed by atoms with Crippen LogP contribution < -0.4 is 0 Å². The third-order valence-electron chi connectivity index (χ3n) is 2.06. The van der Waals surface area contributed by atoms with Crippen molar-refractivity contribution in [2.45, 2.75) is 6.10 Å². The summed E-state index contributed by atoms with van der Waals surface area (Å²) in [6, 6.07) is 8.99. The summed E-state index contributed by atoms with van der Waals surface area (Å²) >= 11 is 5.56. The molecule has 4 heteroatoms. The Balaban J connectivity index is 2.36. The van der Waals surface area contributed by atoms with Crippen LogP contribution in [0.2, 0.25) is 5.22 Å². The standard InChI is InChI=1S/C11H8ClFO2/c12-10-6-5-9(15-10)11(14)7-3-1-2-4-8(7)13/h1-6,11,14H. The Kier molecular flexibility index (Phi) is 2.75. The molecule has 78 valence electrons. The Hall–Kier alpha value is -1.32. The lowest BCUT2D eigenvalue weighted by atomic mass is 10.1. The summed E-state index contributed by atoms with van der Waals surface area (Å²) in [6.07, 6.45) is -1.13. The molecular weight excluding hydrogens is 219 g/mol. The van der Waals surface area contributed by atoms with Gasteiger partial charge in [-0.05, 0) is 29.8 Å². The minimum atomic E-state index is -1.13. The van der Waals surface area contributed by atoms with Crippen molar-refractivity contribution in [1.29, 1.82) is 0 Å². The second-order valence-corrected chi connectivity index (χ2v) is 3.44. The van der Waals surface area contributed by atoms with Gasteiger partial charge in [0.1, 0.15) is 17.7 Å². The normalized spacial score (nSPS) is 12.7. The van der Waals surface area contributed by atoms with E-state index in [4.69, 9.17) is 16.0 Å². The molecule has 15 heavy (non-hydrogen) atoms. The summed E-state index contributed by atoms with van der Waals surface area (Å²) in [5.74, 6) is -0.248. The SMILES string of the molecule is OC(c1ccc(Cl)o1)c1ccccc1F. The molecule has 0 aliphatic carbocycles. The molecule has 2 rings (SSSR count). The smallest absolute Gasteiger partial charge is 0.193 e. The van der Waals surface area contributed by atoms with E-state index in [0.29, 0.717) is 0 Å². The van der Waals surface area contributed by atoms with E-state index in [1.165, 1.54) is 24.3 Å². The lowest BCUT2D eigenvalue weighted by molar-refractivity contribution is 0.185. The number of aliphatic hydroxyl groups is 1. The van der Waals surface area contributed by atoms with Crippen LogP contribution in [-0.4, -0.2) is 5.11 Å². The summed E-state index contributed by atoms with van der Waals surface area (Å²) in [7, 11) is 0. The van der Waals surface area contributed by atoms with Crippen LogP contribution in [0.3, 0.4) is 0 Å². The van der Waals surface area contributed by atoms with Gasteiger partial charge in [0.25, 0.3) is 0 Å². The summed E-state index contributed by atoms with van der Waals surface area (Å²) < 4.78 is 18.3. The second-order valence-electron chi connectivity index (χ2n) is 3.07. The van der Waals surface area contributed by atoms with Gasteiger partial charge in [-0.2, -0.15) is 0 Å². The highest BCUT2D eigenvalue weighted by Gasteiger charge is 2.17. The molecule has 1 aromatic carbocycles. The molecule has 1 unspecified atom stereocenters. The maximum Gasteiger partial charge on any atom is 0.193 e. The fourth-order valence-electron chi connectivity index (χ4n) is 1.33. The first-order valence-corrected chi connectivity index (χ1v) is 4.74. The van der Waals surface area contributed by atoms with Crippen LogP contribution in [0, 0.1) is 5.82 Å². The molecule has 0 radical (unpaired) electrons. The van der Waals surface area contributed by atoms with Gasteiger partial charge in [-0.15, -0.1) is 0 Å². The van der Waals surface area contributed by atoms with Crippen LogP contribution in [0.5, 0.6) is 0 Å². The van der Waals surface area contributed by atoms with E-state index in [9.17, 15) is 9.50 Å². The molecule has 2 aromatic rings. The summed E-state index contributed by atoms with van der Waals surface area (Å²) in [5, 5.41) is 9.96. The first-order valence-electron chi connectivity index (χ1n) is 4.36. The van der Waals surface area contributed by atoms with Crippen molar-refractivity contribution in [2.24, 2.45) is 0 Å². The van der Waals surface area contributed by atoms with Gasteiger partial charge in [0.2, 0.25) is 0 Å². The molecule has 0 saturated carbocycles. The fourth-order valence-corrected chi connectivity index (χ4v) is 1.48. The molecule has 2 nitrogen and oxygen atoms in total. The average Bonchev–Trinajstić information content (AvgIpc) is 2.65. The largest absolute Gasteiger partial charge is 0.447 e. The quantitative estimate of drug-likeness (QED) is 0.853. The molecule has 1 N–H and O–H groups in total. The molecule has 0 fully saturated rings. The van der Waals surface area contributed by atoms with Gasteiger partial charge >= 0.3 is 0 Å². The van der Waals surface area contributed by atoms with E-state index in [2.05, 4.69) is 0 Å². The molecule has 1 atom stereocenters. The van der Waals surface area contributed by atoms with E-state index in [-0.39, 0.29) is 16.5 Å². The summed E-state index contributed by atoms with van der Waals surface area (Å²) in [4.78, 5) is 0. The molecule has 0 saturated heterocycles. The van der Waals surface area contributed by atoms with Crippen LogP contribution in [0.4, 0.5) is 4.39 Å². The number of aliphatic hydroxyl groups excluding tert-OH is 1. The summed E-state index contributed by atoms with van der Waals surface area (Å²) in [6.45, 7) is 0. The van der Waals surface area contributed by atoms with E-state index in [0.717, 1.165) is 0 Å². The van der Waals surface area contributed by atoms with Gasteiger partial charge in [-0.25, -0.2) is 4.39 Å². The first kappa shape index (κ1) is 10.2.